The van der Waals surface area contributed by atoms with Crippen molar-refractivity contribution in [2.75, 3.05) is 9.80 Å². The van der Waals surface area contributed by atoms with Crippen LogP contribution in [0.5, 0.6) is 0 Å². The Bertz CT molecular complexity index is 5450. The molecule has 16 aromatic rings. The van der Waals surface area contributed by atoms with Gasteiger partial charge < -0.3 is 14.4 Å². The summed E-state index contributed by atoms with van der Waals surface area (Å²) < 4.78 is 2.40. The van der Waals surface area contributed by atoms with Crippen molar-refractivity contribution in [2.24, 2.45) is 0 Å². The number of hydrogen-bond acceptors (Lipinski definition) is 7. The van der Waals surface area contributed by atoms with Gasteiger partial charge in [-0.25, -0.2) is 24.9 Å². The minimum Gasteiger partial charge on any atom is -0.311 e. The number of hydrogen-bond donors (Lipinski definition) is 0. The zero-order valence-electron chi connectivity index (χ0n) is 50.9. The van der Waals surface area contributed by atoms with E-state index in [1.807, 2.05) is 72.8 Å². The van der Waals surface area contributed by atoms with Gasteiger partial charge in [-0.15, -0.1) is 0 Å². The molecule has 0 saturated carbocycles. The molecule has 0 fully saturated rings. The molecule has 8 nitrogen and oxygen atoms in total. The first kappa shape index (κ1) is 54.4. The van der Waals surface area contributed by atoms with Gasteiger partial charge in [-0.3, -0.25) is 0 Å². The Hall–Kier alpha value is -12.6. The van der Waals surface area contributed by atoms with Crippen LogP contribution in [0, 0.1) is 0 Å². The van der Waals surface area contributed by atoms with Crippen LogP contribution in [-0.4, -0.2) is 36.2 Å². The number of para-hydroxylation sites is 4. The summed E-state index contributed by atoms with van der Waals surface area (Å²) in [4.78, 5) is 30.9. The van der Waals surface area contributed by atoms with E-state index in [0.29, 0.717) is 23.3 Å². The van der Waals surface area contributed by atoms with Gasteiger partial charge in [0.1, 0.15) is 0 Å². The number of fused-ring (bicyclic) bond motifs is 7. The molecule has 0 spiro atoms. The lowest BCUT2D eigenvalue weighted by Gasteiger charge is -2.44. The Labute approximate surface area is 544 Å². The van der Waals surface area contributed by atoms with Crippen LogP contribution >= 0.6 is 0 Å². The average Bonchev–Trinajstić information content (AvgIpc) is 0.821. The molecule has 0 N–H and O–H groups in total. The molecular weight excluding hydrogens is 1140 g/mol. The lowest BCUT2D eigenvalue weighted by Crippen LogP contribution is -2.61. The summed E-state index contributed by atoms with van der Waals surface area (Å²) in [5, 5.41) is 2.19. The monoisotopic (exact) mass is 1200 g/mol. The second kappa shape index (κ2) is 22.7. The molecule has 0 bridgehead atoms. The second-order valence-electron chi connectivity index (χ2n) is 23.9. The van der Waals surface area contributed by atoms with Crippen molar-refractivity contribution in [3.8, 4) is 96.0 Å². The van der Waals surface area contributed by atoms with Gasteiger partial charge in [0.2, 0.25) is 0 Å². The maximum atomic E-state index is 5.35. The first-order valence-electron chi connectivity index (χ1n) is 31.8. The largest absolute Gasteiger partial charge is 0.311 e. The fraction of sp³-hybridized carbons (Fsp3) is 0. The molecule has 18 rings (SSSR count). The molecule has 0 aliphatic carbocycles. The molecule has 3 aromatic heterocycles. The van der Waals surface area contributed by atoms with Crippen molar-refractivity contribution >= 4 is 79.0 Å². The third kappa shape index (κ3) is 9.36. The average molecular weight is 1200 g/mol. The number of nitrogens with zero attached hydrogens (tertiary/aromatic N) is 8. The molecule has 0 unspecified atom stereocenters. The SMILES string of the molecule is c1ccc(-c2cc(-c3ccccc3)nc(-c3ccc(-n4c5ccccc5c5cc(-c6nc(-c7ccccc7)nc(-c7ccccc7)n6)ccc54)c(-c4ccc(-c5cccc(N6c7ccccc7B7c8ccccc8N(c8ccccc8)c8cccc6c87)c5)cc4)c3)n2)cc1. The highest BCUT2D eigenvalue weighted by molar-refractivity contribution is 7.00. The molecule has 5 heterocycles. The van der Waals surface area contributed by atoms with Gasteiger partial charge in [0.05, 0.1) is 28.1 Å². The van der Waals surface area contributed by atoms with E-state index in [4.69, 9.17) is 24.9 Å². The van der Waals surface area contributed by atoms with Crippen molar-refractivity contribution in [2.45, 2.75) is 0 Å². The van der Waals surface area contributed by atoms with Crippen molar-refractivity contribution in [3.63, 3.8) is 0 Å². The van der Waals surface area contributed by atoms with E-state index in [9.17, 15) is 0 Å². The van der Waals surface area contributed by atoms with E-state index in [-0.39, 0.29) is 6.71 Å². The second-order valence-corrected chi connectivity index (χ2v) is 23.9. The fourth-order valence-corrected chi connectivity index (χ4v) is 14.1. The number of anilines is 6. The van der Waals surface area contributed by atoms with Crippen LogP contribution in [0.25, 0.3) is 118 Å². The highest BCUT2D eigenvalue weighted by Gasteiger charge is 2.43. The van der Waals surface area contributed by atoms with Gasteiger partial charge in [-0.05, 0) is 130 Å². The van der Waals surface area contributed by atoms with Crippen LogP contribution in [-0.2, 0) is 0 Å². The van der Waals surface area contributed by atoms with Gasteiger partial charge >= 0.3 is 0 Å². The van der Waals surface area contributed by atoms with E-state index in [2.05, 4.69) is 275 Å². The maximum absolute atomic E-state index is 5.35. The molecule has 0 radical (unpaired) electrons. The summed E-state index contributed by atoms with van der Waals surface area (Å²) in [5.74, 6) is 2.48. The van der Waals surface area contributed by atoms with Crippen LogP contribution in [0.15, 0.2) is 334 Å². The third-order valence-electron chi connectivity index (χ3n) is 18.4. The van der Waals surface area contributed by atoms with Crippen LogP contribution in [0.4, 0.5) is 34.1 Å². The van der Waals surface area contributed by atoms with Crippen molar-refractivity contribution < 1.29 is 0 Å². The van der Waals surface area contributed by atoms with Gasteiger partial charge in [-0.1, -0.05) is 237 Å². The first-order valence-corrected chi connectivity index (χ1v) is 31.8. The lowest BCUT2D eigenvalue weighted by atomic mass is 9.33. The van der Waals surface area contributed by atoms with Crippen molar-refractivity contribution in [1.29, 1.82) is 0 Å². The Kier molecular flexibility index (Phi) is 13.1. The number of aromatic nitrogens is 6. The maximum Gasteiger partial charge on any atom is 0.252 e. The highest BCUT2D eigenvalue weighted by atomic mass is 15.2. The van der Waals surface area contributed by atoms with Gasteiger partial charge in [0.25, 0.3) is 6.71 Å². The normalized spacial score (nSPS) is 12.2. The topological polar surface area (TPSA) is 75.9 Å². The molecule has 94 heavy (non-hydrogen) atoms. The molecule has 2 aliphatic rings. The molecule has 0 amide bonds. The Morgan fingerprint density at radius 1 is 0.234 bits per heavy atom. The molecule has 0 saturated heterocycles. The Morgan fingerprint density at radius 3 is 1.28 bits per heavy atom. The molecule has 13 aromatic carbocycles. The highest BCUT2D eigenvalue weighted by Crippen LogP contribution is 2.46. The van der Waals surface area contributed by atoms with Crippen LogP contribution in [0.3, 0.4) is 0 Å². The fourth-order valence-electron chi connectivity index (χ4n) is 14.1. The minimum absolute atomic E-state index is 0.0586. The quantitative estimate of drug-likeness (QED) is 0.119. The van der Waals surface area contributed by atoms with Crippen LogP contribution in [0.2, 0.25) is 0 Å². The predicted molar refractivity (Wildman–Crippen MR) is 387 cm³/mol. The standard InChI is InChI=1S/C85H55BN8/c1-6-24-58(25-7-1)72-55-73(59-26-8-2-9-27-59)88-84(87-72)63-48-50-75(94-74-39-19-16-36-67(74)69-54-64(49-51-76(69)94)85-90-82(60-28-10-3-11-29-60)89-83(91-85)61-30-12-4-13-31-61)68(53-63)57-46-44-56(45-47-57)62-32-22-35-66(52-62)93-78-41-21-18-38-71(78)86-70-37-17-20-40-77(70)92(65-33-14-5-15-34-65)79-42-23-43-80(93)81(79)86/h1-55H. The van der Waals surface area contributed by atoms with Gasteiger partial charge in [0, 0.05) is 83.8 Å². The minimum atomic E-state index is 0.0586. The number of rotatable bonds is 11. The Balaban J connectivity index is 0.782. The summed E-state index contributed by atoms with van der Waals surface area (Å²) in [6.07, 6.45) is 0. The predicted octanol–water partition coefficient (Wildman–Crippen LogP) is 19.2. The Morgan fingerprint density at radius 2 is 0.660 bits per heavy atom. The van der Waals surface area contributed by atoms with E-state index in [0.717, 1.165) is 106 Å². The summed E-state index contributed by atoms with van der Waals surface area (Å²) in [6, 6.07) is 119. The van der Waals surface area contributed by atoms with Crippen molar-refractivity contribution in [3.05, 3.63) is 334 Å². The molecule has 9 heteroatoms. The zero-order chi connectivity index (χ0) is 62.1. The van der Waals surface area contributed by atoms with E-state index >= 15 is 0 Å². The van der Waals surface area contributed by atoms with E-state index < -0.39 is 0 Å². The summed E-state index contributed by atoms with van der Waals surface area (Å²) >= 11 is 0. The molecule has 0 atom stereocenters. The van der Waals surface area contributed by atoms with E-state index in [1.165, 1.54) is 39.1 Å². The lowest BCUT2D eigenvalue weighted by molar-refractivity contribution is 1.07. The summed E-state index contributed by atoms with van der Waals surface area (Å²) in [5.41, 5.74) is 25.6. The van der Waals surface area contributed by atoms with Crippen molar-refractivity contribution in [1.82, 2.24) is 29.5 Å². The summed E-state index contributed by atoms with van der Waals surface area (Å²) in [6.45, 7) is 0.0586. The van der Waals surface area contributed by atoms with Gasteiger partial charge in [-0.2, -0.15) is 0 Å². The van der Waals surface area contributed by atoms with Gasteiger partial charge in [0.15, 0.2) is 23.3 Å². The number of benzene rings is 13. The first-order chi connectivity index (χ1) is 46.6. The van der Waals surface area contributed by atoms with Crippen LogP contribution in [0.1, 0.15) is 0 Å². The molecule has 2 aliphatic heterocycles. The zero-order valence-corrected chi connectivity index (χ0v) is 50.9. The summed E-state index contributed by atoms with van der Waals surface area (Å²) in [7, 11) is 0. The third-order valence-corrected chi connectivity index (χ3v) is 18.4. The van der Waals surface area contributed by atoms with Crippen LogP contribution < -0.4 is 26.2 Å². The van der Waals surface area contributed by atoms with E-state index in [1.54, 1.807) is 0 Å². The molecule has 438 valence electrons. The molecular formula is C85H55BN8. The smallest absolute Gasteiger partial charge is 0.252 e.